The number of benzene rings is 1. The molecule has 0 spiro atoms. The lowest BCUT2D eigenvalue weighted by molar-refractivity contribution is 0.683. The maximum atomic E-state index is 4.74. The second-order valence-corrected chi connectivity index (χ2v) is 6.13. The van der Waals surface area contributed by atoms with Crippen molar-refractivity contribution in [2.45, 2.75) is 32.7 Å². The van der Waals surface area contributed by atoms with Crippen LogP contribution < -0.4 is 5.32 Å². The smallest absolute Gasteiger partial charge is 0.148 e. The molecule has 0 saturated heterocycles. The molecule has 0 aliphatic heterocycles. The minimum atomic E-state index is 0.309. The molecule has 0 bridgehead atoms. The Balaban J connectivity index is 1.93. The Morgan fingerprint density at radius 2 is 1.86 bits per heavy atom. The van der Waals surface area contributed by atoms with Crippen molar-refractivity contribution in [3.05, 3.63) is 52.3 Å². The quantitative estimate of drug-likeness (QED) is 0.724. The monoisotopic (exact) mass is 297 g/mol. The summed E-state index contributed by atoms with van der Waals surface area (Å²) in [6.07, 6.45) is 2.23. The second kappa shape index (κ2) is 6.22. The minimum absolute atomic E-state index is 0.309. The van der Waals surface area contributed by atoms with Gasteiger partial charge >= 0.3 is 0 Å². The summed E-state index contributed by atoms with van der Waals surface area (Å²) in [5.74, 6) is 0.889. The largest absolute Gasteiger partial charge is 0.361 e. The molecule has 0 aliphatic carbocycles. The van der Waals surface area contributed by atoms with Gasteiger partial charge in [0.05, 0.1) is 22.8 Å². The van der Waals surface area contributed by atoms with Gasteiger partial charge in [0, 0.05) is 4.88 Å². The summed E-state index contributed by atoms with van der Waals surface area (Å²) in [5, 5.41) is 5.70. The molecule has 2 heterocycles. The Morgan fingerprint density at radius 3 is 2.52 bits per heavy atom. The lowest BCUT2D eigenvalue weighted by Gasteiger charge is -2.18. The summed E-state index contributed by atoms with van der Waals surface area (Å²) in [6, 6.07) is 12.6. The summed E-state index contributed by atoms with van der Waals surface area (Å²) in [5.41, 5.74) is 2.84. The number of rotatable bonds is 5. The molecule has 2 aromatic heterocycles. The SMILES string of the molecule is CCCC(Nc1nc2ccccc2nc1C)c1cccs1. The van der Waals surface area contributed by atoms with E-state index in [1.807, 2.05) is 31.2 Å². The van der Waals surface area contributed by atoms with Crippen molar-refractivity contribution in [1.29, 1.82) is 0 Å². The fourth-order valence-electron chi connectivity index (χ4n) is 2.45. The number of nitrogens with zero attached hydrogens (tertiary/aromatic N) is 2. The third kappa shape index (κ3) is 3.05. The van der Waals surface area contributed by atoms with Gasteiger partial charge in [-0.2, -0.15) is 0 Å². The lowest BCUT2D eigenvalue weighted by Crippen LogP contribution is -2.12. The van der Waals surface area contributed by atoms with Crippen molar-refractivity contribution in [3.63, 3.8) is 0 Å². The minimum Gasteiger partial charge on any atom is -0.361 e. The molecule has 0 aliphatic rings. The van der Waals surface area contributed by atoms with E-state index in [1.165, 1.54) is 4.88 Å². The summed E-state index contributed by atoms with van der Waals surface area (Å²) in [6.45, 7) is 4.22. The van der Waals surface area contributed by atoms with Crippen LogP contribution in [-0.4, -0.2) is 9.97 Å². The number of hydrogen-bond acceptors (Lipinski definition) is 4. The molecule has 1 unspecified atom stereocenters. The van der Waals surface area contributed by atoms with E-state index in [4.69, 9.17) is 4.98 Å². The normalized spacial score (nSPS) is 12.5. The first-order valence-corrected chi connectivity index (χ1v) is 8.19. The first-order chi connectivity index (χ1) is 10.3. The van der Waals surface area contributed by atoms with Crippen molar-refractivity contribution in [1.82, 2.24) is 9.97 Å². The maximum absolute atomic E-state index is 4.74. The van der Waals surface area contributed by atoms with Crippen molar-refractivity contribution >= 4 is 28.2 Å². The highest BCUT2D eigenvalue weighted by molar-refractivity contribution is 7.10. The van der Waals surface area contributed by atoms with Crippen LogP contribution >= 0.6 is 11.3 Å². The maximum Gasteiger partial charge on any atom is 0.148 e. The van der Waals surface area contributed by atoms with E-state index in [9.17, 15) is 0 Å². The molecule has 21 heavy (non-hydrogen) atoms. The standard InChI is InChI=1S/C17H19N3S/c1-3-7-15(16-10-6-11-21-16)20-17-12(2)18-13-8-4-5-9-14(13)19-17/h4-6,8-11,15H,3,7H2,1-2H3,(H,19,20). The topological polar surface area (TPSA) is 37.8 Å². The van der Waals surface area contributed by atoms with Crippen LogP contribution in [0.4, 0.5) is 5.82 Å². The number of aryl methyl sites for hydroxylation is 1. The molecule has 4 heteroatoms. The second-order valence-electron chi connectivity index (χ2n) is 5.15. The highest BCUT2D eigenvalue weighted by Gasteiger charge is 2.14. The van der Waals surface area contributed by atoms with Gasteiger partial charge in [0.1, 0.15) is 5.82 Å². The summed E-state index contributed by atoms with van der Waals surface area (Å²) in [7, 11) is 0. The van der Waals surface area contributed by atoms with E-state index in [0.29, 0.717) is 6.04 Å². The van der Waals surface area contributed by atoms with Gasteiger partial charge in [-0.05, 0) is 36.9 Å². The molecule has 1 aromatic carbocycles. The average molecular weight is 297 g/mol. The van der Waals surface area contributed by atoms with Crippen LogP contribution in [0.25, 0.3) is 11.0 Å². The molecular weight excluding hydrogens is 278 g/mol. The molecule has 108 valence electrons. The van der Waals surface area contributed by atoms with Gasteiger partial charge in [-0.1, -0.05) is 31.5 Å². The fraction of sp³-hybridized carbons (Fsp3) is 0.294. The molecule has 3 rings (SSSR count). The predicted molar refractivity (Wildman–Crippen MR) is 89.9 cm³/mol. The Bertz CT molecular complexity index is 722. The first kappa shape index (κ1) is 14.0. The van der Waals surface area contributed by atoms with Gasteiger partial charge in [0.15, 0.2) is 0 Å². The van der Waals surface area contributed by atoms with Gasteiger partial charge < -0.3 is 5.32 Å². The van der Waals surface area contributed by atoms with E-state index in [0.717, 1.165) is 35.4 Å². The Morgan fingerprint density at radius 1 is 1.10 bits per heavy atom. The summed E-state index contributed by atoms with van der Waals surface area (Å²) >= 11 is 1.79. The predicted octanol–water partition coefficient (Wildman–Crippen LogP) is 4.95. The Labute approximate surface area is 129 Å². The van der Waals surface area contributed by atoms with E-state index in [-0.39, 0.29) is 0 Å². The van der Waals surface area contributed by atoms with Crippen molar-refractivity contribution in [3.8, 4) is 0 Å². The van der Waals surface area contributed by atoms with Gasteiger partial charge in [-0.15, -0.1) is 11.3 Å². The van der Waals surface area contributed by atoms with Gasteiger partial charge in [-0.3, -0.25) is 0 Å². The van der Waals surface area contributed by atoms with Crippen molar-refractivity contribution in [2.24, 2.45) is 0 Å². The van der Waals surface area contributed by atoms with E-state index in [1.54, 1.807) is 11.3 Å². The number of nitrogens with one attached hydrogen (secondary N) is 1. The first-order valence-electron chi connectivity index (χ1n) is 7.31. The molecule has 0 amide bonds. The number of fused-ring (bicyclic) bond motifs is 1. The van der Waals surface area contributed by atoms with Gasteiger partial charge in [-0.25, -0.2) is 9.97 Å². The van der Waals surface area contributed by atoms with Crippen LogP contribution in [0.1, 0.15) is 36.4 Å². The van der Waals surface area contributed by atoms with Gasteiger partial charge in [0.25, 0.3) is 0 Å². The van der Waals surface area contributed by atoms with Crippen molar-refractivity contribution in [2.75, 3.05) is 5.32 Å². The number of para-hydroxylation sites is 2. The number of anilines is 1. The summed E-state index contributed by atoms with van der Waals surface area (Å²) < 4.78 is 0. The molecule has 0 radical (unpaired) electrons. The van der Waals surface area contributed by atoms with Crippen LogP contribution in [0.2, 0.25) is 0 Å². The third-order valence-electron chi connectivity index (χ3n) is 3.52. The number of hydrogen-bond donors (Lipinski definition) is 1. The molecule has 3 nitrogen and oxygen atoms in total. The average Bonchev–Trinajstić information content (AvgIpc) is 3.01. The zero-order valence-electron chi connectivity index (χ0n) is 12.3. The van der Waals surface area contributed by atoms with Crippen LogP contribution in [0, 0.1) is 6.92 Å². The fourth-order valence-corrected chi connectivity index (χ4v) is 3.27. The molecule has 1 N–H and O–H groups in total. The highest BCUT2D eigenvalue weighted by atomic mass is 32.1. The third-order valence-corrected chi connectivity index (χ3v) is 4.51. The van der Waals surface area contributed by atoms with E-state index in [2.05, 4.69) is 34.7 Å². The van der Waals surface area contributed by atoms with Crippen LogP contribution in [0.15, 0.2) is 41.8 Å². The molecular formula is C17H19N3S. The van der Waals surface area contributed by atoms with Crippen molar-refractivity contribution < 1.29 is 0 Å². The van der Waals surface area contributed by atoms with Crippen LogP contribution in [0.3, 0.4) is 0 Å². The molecule has 1 atom stereocenters. The van der Waals surface area contributed by atoms with Crippen LogP contribution in [-0.2, 0) is 0 Å². The van der Waals surface area contributed by atoms with E-state index < -0.39 is 0 Å². The number of thiophene rings is 1. The Kier molecular flexibility index (Phi) is 4.15. The van der Waals surface area contributed by atoms with E-state index >= 15 is 0 Å². The van der Waals surface area contributed by atoms with Gasteiger partial charge in [0.2, 0.25) is 0 Å². The van der Waals surface area contributed by atoms with Crippen LogP contribution in [0.5, 0.6) is 0 Å². The molecule has 3 aromatic rings. The molecule has 0 saturated carbocycles. The summed E-state index contributed by atoms with van der Waals surface area (Å²) in [4.78, 5) is 10.7. The highest BCUT2D eigenvalue weighted by Crippen LogP contribution is 2.28. The molecule has 0 fully saturated rings. The Hall–Kier alpha value is -1.94. The lowest BCUT2D eigenvalue weighted by atomic mass is 10.1. The zero-order chi connectivity index (χ0) is 14.7. The number of aromatic nitrogens is 2. The zero-order valence-corrected chi connectivity index (χ0v) is 13.2.